The van der Waals surface area contributed by atoms with Crippen LogP contribution in [0.2, 0.25) is 0 Å². The van der Waals surface area contributed by atoms with Gasteiger partial charge in [-0.3, -0.25) is 9.20 Å². The molecule has 0 aromatic carbocycles. The fourth-order valence-corrected chi connectivity index (χ4v) is 3.07. The standard InChI is InChI=1S/C12H6N2OS2/c1-13-11(16)12(6-2-3-8-17(12)15)10-5-4-7-14-9-10/h2-3,6,8H,1H2/t12-,17?/m0/s1. The molecule has 5 heteroatoms. The summed E-state index contributed by atoms with van der Waals surface area (Å²) in [5.74, 6) is 0. The number of rotatable bonds is 2. The van der Waals surface area contributed by atoms with Crippen molar-refractivity contribution in [3.8, 4) is 0 Å². The van der Waals surface area contributed by atoms with Gasteiger partial charge in [0.15, 0.2) is 0 Å². The maximum absolute atomic E-state index is 12.2. The Labute approximate surface area is 107 Å². The molecule has 17 heavy (non-hydrogen) atoms. The van der Waals surface area contributed by atoms with E-state index in [4.69, 9.17) is 12.2 Å². The highest BCUT2D eigenvalue weighted by Gasteiger charge is 2.41. The lowest BCUT2D eigenvalue weighted by molar-refractivity contribution is 0.678. The molecule has 0 spiro atoms. The van der Waals surface area contributed by atoms with Crippen LogP contribution in [0.3, 0.4) is 0 Å². The second-order valence-corrected chi connectivity index (χ2v) is 5.04. The quantitative estimate of drug-likeness (QED) is 0.594. The Balaban J connectivity index is 2.64. The third-order valence-corrected chi connectivity index (χ3v) is 4.41. The Hall–Kier alpha value is -1.46. The van der Waals surface area contributed by atoms with Crippen LogP contribution in [-0.4, -0.2) is 20.9 Å². The summed E-state index contributed by atoms with van der Waals surface area (Å²) in [5, 5.41) is 1.54. The zero-order chi connectivity index (χ0) is 12.3. The number of hydrogen-bond acceptors (Lipinski definition) is 3. The number of thiocarbonyl (C=S) groups is 1. The van der Waals surface area contributed by atoms with Crippen LogP contribution in [0.4, 0.5) is 0 Å². The van der Waals surface area contributed by atoms with Gasteiger partial charge < -0.3 is 0 Å². The minimum absolute atomic E-state index is 0.199. The minimum Gasteiger partial charge on any atom is -0.255 e. The van der Waals surface area contributed by atoms with E-state index in [2.05, 4.69) is 41.2 Å². The maximum atomic E-state index is 12.2. The summed E-state index contributed by atoms with van der Waals surface area (Å²) >= 11 is 5.15. The monoisotopic (exact) mass is 258 g/mol. The summed E-state index contributed by atoms with van der Waals surface area (Å²) in [6, 6.07) is 5.35. The SMILES string of the molecule is C=NC(=S)[C@@]1(c2[c][c][c]n[c]2)C=CC=CS1=O. The van der Waals surface area contributed by atoms with E-state index in [9.17, 15) is 4.21 Å². The van der Waals surface area contributed by atoms with Gasteiger partial charge in [-0.1, -0.05) is 30.4 Å². The highest BCUT2D eigenvalue weighted by Crippen LogP contribution is 2.34. The van der Waals surface area contributed by atoms with Gasteiger partial charge in [0.05, 0.1) is 23.2 Å². The molecule has 0 saturated carbocycles. The van der Waals surface area contributed by atoms with Crippen molar-refractivity contribution < 1.29 is 4.21 Å². The van der Waals surface area contributed by atoms with Gasteiger partial charge in [-0.15, -0.1) is 0 Å². The highest BCUT2D eigenvalue weighted by molar-refractivity contribution is 7.92. The van der Waals surface area contributed by atoms with Crippen molar-refractivity contribution in [1.29, 1.82) is 0 Å². The van der Waals surface area contributed by atoms with Crippen molar-refractivity contribution in [2.75, 3.05) is 0 Å². The van der Waals surface area contributed by atoms with Gasteiger partial charge in [0.25, 0.3) is 0 Å². The number of hydrogen-bond donors (Lipinski definition) is 0. The van der Waals surface area contributed by atoms with E-state index in [1.54, 1.807) is 18.2 Å². The molecular formula is C12H6N2OS2. The van der Waals surface area contributed by atoms with Crippen LogP contribution in [-0.2, 0) is 15.5 Å². The summed E-state index contributed by atoms with van der Waals surface area (Å²) in [4.78, 5) is 7.63. The predicted molar refractivity (Wildman–Crippen MR) is 69.8 cm³/mol. The molecule has 2 heterocycles. The molecule has 1 aromatic rings. The number of pyridine rings is 1. The van der Waals surface area contributed by atoms with Gasteiger partial charge >= 0.3 is 0 Å². The lowest BCUT2D eigenvalue weighted by Crippen LogP contribution is -2.36. The fourth-order valence-electron chi connectivity index (χ4n) is 1.45. The maximum Gasteiger partial charge on any atom is 0.148 e. The molecule has 1 aromatic heterocycles. The third-order valence-electron chi connectivity index (χ3n) is 2.26. The van der Waals surface area contributed by atoms with E-state index in [-0.39, 0.29) is 4.99 Å². The smallest absolute Gasteiger partial charge is 0.148 e. The second kappa shape index (κ2) is 4.81. The van der Waals surface area contributed by atoms with Crippen LogP contribution in [0, 0.1) is 24.5 Å². The summed E-state index contributed by atoms with van der Waals surface area (Å²) in [5.41, 5.74) is 0.424. The topological polar surface area (TPSA) is 42.3 Å². The lowest BCUT2D eigenvalue weighted by atomic mass is 9.99. The van der Waals surface area contributed by atoms with Crippen LogP contribution in [0.15, 0.2) is 28.6 Å². The zero-order valence-corrected chi connectivity index (χ0v) is 10.3. The minimum atomic E-state index is -1.40. The highest BCUT2D eigenvalue weighted by atomic mass is 32.2. The van der Waals surface area contributed by atoms with Gasteiger partial charge in [-0.25, -0.2) is 4.98 Å². The predicted octanol–water partition coefficient (Wildman–Crippen LogP) is 1.34. The van der Waals surface area contributed by atoms with E-state index < -0.39 is 15.5 Å². The molecule has 1 aliphatic rings. The number of aliphatic imine (C=N–C) groups is 1. The Morgan fingerprint density at radius 2 is 2.41 bits per heavy atom. The average molecular weight is 258 g/mol. The van der Waals surface area contributed by atoms with Crippen LogP contribution in [0.25, 0.3) is 0 Å². The van der Waals surface area contributed by atoms with Crippen molar-refractivity contribution >= 4 is 34.7 Å². The molecule has 0 N–H and O–H groups in total. The Kier molecular flexibility index (Phi) is 3.40. The van der Waals surface area contributed by atoms with Crippen molar-refractivity contribution in [3.63, 3.8) is 0 Å². The first-order chi connectivity index (χ1) is 8.21. The average Bonchev–Trinajstić information content (AvgIpc) is 2.39. The molecule has 0 saturated heterocycles. The van der Waals surface area contributed by atoms with Crippen molar-refractivity contribution in [2.45, 2.75) is 4.75 Å². The van der Waals surface area contributed by atoms with E-state index in [1.807, 2.05) is 0 Å². The number of aromatic nitrogens is 1. The van der Waals surface area contributed by atoms with Crippen molar-refractivity contribution in [2.24, 2.45) is 4.99 Å². The molecule has 0 amide bonds. The number of nitrogens with zero attached hydrogens (tertiary/aromatic N) is 2. The summed E-state index contributed by atoms with van der Waals surface area (Å²) in [7, 11) is -1.40. The van der Waals surface area contributed by atoms with Crippen LogP contribution in [0.1, 0.15) is 5.56 Å². The van der Waals surface area contributed by atoms with E-state index in [1.165, 1.54) is 5.41 Å². The molecule has 3 nitrogen and oxygen atoms in total. The molecule has 1 unspecified atom stereocenters. The third kappa shape index (κ3) is 1.92. The molecule has 82 valence electrons. The first-order valence-electron chi connectivity index (χ1n) is 4.59. The van der Waals surface area contributed by atoms with Gasteiger partial charge in [-0.2, -0.15) is 0 Å². The van der Waals surface area contributed by atoms with Crippen LogP contribution >= 0.6 is 12.2 Å². The second-order valence-electron chi connectivity index (χ2n) is 3.14. The van der Waals surface area contributed by atoms with Crippen LogP contribution < -0.4 is 0 Å². The zero-order valence-electron chi connectivity index (χ0n) is 8.64. The van der Waals surface area contributed by atoms with Gasteiger partial charge in [-0.05, 0) is 6.72 Å². The van der Waals surface area contributed by atoms with E-state index >= 15 is 0 Å². The molecule has 4 radical (unpaired) electrons. The lowest BCUT2D eigenvalue weighted by Gasteiger charge is -2.28. The van der Waals surface area contributed by atoms with Gasteiger partial charge in [0.1, 0.15) is 9.74 Å². The van der Waals surface area contributed by atoms with Crippen LogP contribution in [0.5, 0.6) is 0 Å². The first-order valence-corrected chi connectivity index (χ1v) is 6.21. The molecule has 0 fully saturated rings. The van der Waals surface area contributed by atoms with Crippen molar-refractivity contribution in [3.05, 3.63) is 53.7 Å². The van der Waals surface area contributed by atoms with Gasteiger partial charge in [0.2, 0.25) is 0 Å². The van der Waals surface area contributed by atoms with Gasteiger partial charge in [0, 0.05) is 23.1 Å². The molecule has 2 atom stereocenters. The van der Waals surface area contributed by atoms with E-state index in [0.717, 1.165) is 0 Å². The molecule has 1 aliphatic heterocycles. The Bertz CT molecular complexity index is 527. The molecule has 0 bridgehead atoms. The first kappa shape index (κ1) is 12.0. The summed E-state index contributed by atoms with van der Waals surface area (Å²) in [6.07, 6.45) is 10.2. The van der Waals surface area contributed by atoms with Crippen molar-refractivity contribution in [1.82, 2.24) is 4.98 Å². The molecular weight excluding hydrogens is 252 g/mol. The Morgan fingerprint density at radius 3 is 3.00 bits per heavy atom. The number of allylic oxidation sites excluding steroid dienone is 2. The Morgan fingerprint density at radius 1 is 1.59 bits per heavy atom. The molecule has 2 rings (SSSR count). The largest absolute Gasteiger partial charge is 0.255 e. The summed E-state index contributed by atoms with van der Waals surface area (Å²) in [6.45, 7) is 3.39. The summed E-state index contributed by atoms with van der Waals surface area (Å²) < 4.78 is 11.1. The molecule has 0 aliphatic carbocycles. The fraction of sp³-hybridized carbons (Fsp3) is 0.0833. The normalized spacial score (nSPS) is 26.7. The van der Waals surface area contributed by atoms with E-state index in [0.29, 0.717) is 5.56 Å².